The van der Waals surface area contributed by atoms with Crippen molar-refractivity contribution in [2.45, 2.75) is 51.4 Å². The number of carbonyl (C=O) groups is 2. The second kappa shape index (κ2) is 10.1. The van der Waals surface area contributed by atoms with E-state index in [0.29, 0.717) is 19.4 Å². The molecule has 0 aromatic heterocycles. The van der Waals surface area contributed by atoms with E-state index in [1.54, 1.807) is 0 Å². The van der Waals surface area contributed by atoms with Crippen LogP contribution in [0, 0.1) is 11.8 Å². The highest BCUT2D eigenvalue weighted by Crippen LogP contribution is 2.44. The minimum atomic E-state index is -1.56. The number of fused-ring (bicyclic) bond motifs is 3. The summed E-state index contributed by atoms with van der Waals surface area (Å²) in [6.45, 7) is 4.75. The van der Waals surface area contributed by atoms with Crippen molar-refractivity contribution < 1.29 is 24.4 Å². The van der Waals surface area contributed by atoms with Crippen molar-refractivity contribution in [3.8, 4) is 11.1 Å². The summed E-state index contributed by atoms with van der Waals surface area (Å²) in [5.41, 5.74) is 4.64. The maximum atomic E-state index is 13.2. The molecule has 0 radical (unpaired) electrons. The van der Waals surface area contributed by atoms with Crippen molar-refractivity contribution in [3.63, 3.8) is 0 Å². The van der Waals surface area contributed by atoms with Crippen molar-refractivity contribution in [3.05, 3.63) is 59.7 Å². The van der Waals surface area contributed by atoms with E-state index in [1.807, 2.05) is 38.1 Å². The summed E-state index contributed by atoms with van der Waals surface area (Å²) in [5, 5.41) is 19.3. The summed E-state index contributed by atoms with van der Waals surface area (Å²) in [5.74, 6) is -1.51. The zero-order valence-corrected chi connectivity index (χ0v) is 19.3. The molecule has 1 fully saturated rings. The summed E-state index contributed by atoms with van der Waals surface area (Å²) in [6.07, 6.45) is 1.83. The first-order valence-corrected chi connectivity index (χ1v) is 11.9. The maximum absolute atomic E-state index is 13.2. The number of likely N-dealkylation sites (tertiary alicyclic amines) is 1. The average molecular weight is 449 g/mol. The minimum Gasteiger partial charge on any atom is -0.465 e. The van der Waals surface area contributed by atoms with Crippen molar-refractivity contribution in [1.29, 1.82) is 0 Å². The summed E-state index contributed by atoms with van der Waals surface area (Å²) in [4.78, 5) is 27.6. The lowest BCUT2D eigenvalue weighted by Crippen LogP contribution is -2.48. The van der Waals surface area contributed by atoms with Crippen LogP contribution >= 0.6 is 0 Å². The lowest BCUT2D eigenvalue weighted by molar-refractivity contribution is -0.149. The van der Waals surface area contributed by atoms with E-state index in [2.05, 4.69) is 24.3 Å². The molecule has 7 heteroatoms. The molecule has 6 nitrogen and oxygen atoms in total. The first-order chi connectivity index (χ1) is 15.9. The summed E-state index contributed by atoms with van der Waals surface area (Å²) in [6, 6.07) is 16.4. The molecule has 1 aliphatic heterocycles. The van der Waals surface area contributed by atoms with Gasteiger partial charge in [-0.1, -0.05) is 62.4 Å². The van der Waals surface area contributed by atoms with Crippen LogP contribution in [-0.2, 0) is 14.3 Å². The van der Waals surface area contributed by atoms with Crippen LogP contribution < -0.4 is 0 Å². The van der Waals surface area contributed by atoms with E-state index in [0.717, 1.165) is 17.5 Å². The fraction of sp³-hybridized carbons (Fsp3) is 0.462. The van der Waals surface area contributed by atoms with E-state index in [1.165, 1.54) is 16.0 Å². The Bertz CT molecular complexity index is 962. The second-order valence-electron chi connectivity index (χ2n) is 9.60. The van der Waals surface area contributed by atoms with Gasteiger partial charge in [0.15, 0.2) is 0 Å². The Morgan fingerprint density at radius 1 is 1.06 bits per heavy atom. The number of benzene rings is 2. The molecule has 1 amide bonds. The van der Waals surface area contributed by atoms with E-state index in [4.69, 9.17) is 4.74 Å². The van der Waals surface area contributed by atoms with Crippen molar-refractivity contribution in [1.82, 2.24) is 4.90 Å². The molecule has 1 saturated heterocycles. The standard InChI is InChI=1S/C26H32BNO5/c1-17(2)14-18(26(30)28-13-7-12-24(28)27(31)32)15-25(29)33-16-23-21-10-5-3-8-19(21)20-9-4-6-11-22(20)23/h3-6,8-11,17-18,23-24,31-32H,7,12-16H2,1-2H3/t18-,24+/m1/s1. The Balaban J connectivity index is 1.44. The first-order valence-electron chi connectivity index (χ1n) is 11.9. The molecule has 2 aliphatic rings. The van der Waals surface area contributed by atoms with Gasteiger partial charge in [0, 0.05) is 18.4 Å². The first kappa shape index (κ1) is 23.5. The summed E-state index contributed by atoms with van der Waals surface area (Å²) < 4.78 is 5.73. The van der Waals surface area contributed by atoms with Crippen LogP contribution in [0.15, 0.2) is 48.5 Å². The van der Waals surface area contributed by atoms with Gasteiger partial charge in [-0.15, -0.1) is 0 Å². The monoisotopic (exact) mass is 449 g/mol. The molecule has 0 spiro atoms. The van der Waals surface area contributed by atoms with Gasteiger partial charge >= 0.3 is 13.1 Å². The summed E-state index contributed by atoms with van der Waals surface area (Å²) in [7, 11) is -1.56. The Kier molecular flexibility index (Phi) is 7.20. The highest BCUT2D eigenvalue weighted by Gasteiger charge is 2.40. The third-order valence-electron chi connectivity index (χ3n) is 6.82. The quantitative estimate of drug-likeness (QED) is 0.477. The molecule has 2 aromatic rings. The van der Waals surface area contributed by atoms with Crippen LogP contribution in [0.3, 0.4) is 0 Å². The van der Waals surface area contributed by atoms with E-state index < -0.39 is 24.9 Å². The molecule has 0 saturated carbocycles. The number of hydrogen-bond donors (Lipinski definition) is 2. The van der Waals surface area contributed by atoms with Gasteiger partial charge in [-0.2, -0.15) is 0 Å². The molecule has 0 bridgehead atoms. The Labute approximate surface area is 195 Å². The van der Waals surface area contributed by atoms with Crippen LogP contribution in [-0.4, -0.2) is 53.0 Å². The molecule has 33 heavy (non-hydrogen) atoms. The third kappa shape index (κ3) is 4.99. The number of rotatable bonds is 8. The molecule has 4 rings (SSSR count). The predicted octanol–water partition coefficient (Wildman–Crippen LogP) is 3.40. The Morgan fingerprint density at radius 3 is 2.24 bits per heavy atom. The number of esters is 1. The van der Waals surface area contributed by atoms with Gasteiger partial charge in [0.1, 0.15) is 6.61 Å². The van der Waals surface area contributed by atoms with Gasteiger partial charge < -0.3 is 19.7 Å². The largest absolute Gasteiger partial charge is 0.475 e. The number of ether oxygens (including phenoxy) is 1. The van der Waals surface area contributed by atoms with E-state index in [9.17, 15) is 19.6 Å². The predicted molar refractivity (Wildman–Crippen MR) is 127 cm³/mol. The fourth-order valence-electron chi connectivity index (χ4n) is 5.33. The average Bonchev–Trinajstić information content (AvgIpc) is 3.40. The van der Waals surface area contributed by atoms with Crippen molar-refractivity contribution >= 4 is 19.0 Å². The molecular weight excluding hydrogens is 417 g/mol. The maximum Gasteiger partial charge on any atom is 0.475 e. The van der Waals surface area contributed by atoms with Gasteiger partial charge in [0.05, 0.1) is 12.4 Å². The van der Waals surface area contributed by atoms with Gasteiger partial charge in [-0.3, -0.25) is 9.59 Å². The summed E-state index contributed by atoms with van der Waals surface area (Å²) >= 11 is 0. The number of hydrogen-bond acceptors (Lipinski definition) is 5. The Hall–Kier alpha value is -2.64. The lowest BCUT2D eigenvalue weighted by Gasteiger charge is -2.29. The van der Waals surface area contributed by atoms with Crippen LogP contribution in [0.2, 0.25) is 0 Å². The molecule has 1 heterocycles. The Morgan fingerprint density at radius 2 is 1.67 bits per heavy atom. The van der Waals surface area contributed by atoms with E-state index in [-0.39, 0.29) is 30.8 Å². The normalized spacial score (nSPS) is 18.2. The fourth-order valence-corrected chi connectivity index (χ4v) is 5.33. The second-order valence-corrected chi connectivity index (χ2v) is 9.60. The van der Waals surface area contributed by atoms with Gasteiger partial charge in [0.25, 0.3) is 0 Å². The zero-order valence-electron chi connectivity index (χ0n) is 19.3. The highest BCUT2D eigenvalue weighted by molar-refractivity contribution is 6.43. The van der Waals surface area contributed by atoms with Gasteiger partial charge in [-0.25, -0.2) is 0 Å². The topological polar surface area (TPSA) is 87.1 Å². The number of carbonyl (C=O) groups excluding carboxylic acids is 2. The number of amides is 1. The molecule has 2 N–H and O–H groups in total. The molecule has 1 aliphatic carbocycles. The SMILES string of the molecule is CC(C)C[C@H](CC(=O)OCC1c2ccccc2-c2ccccc21)C(=O)N1CCC[C@H]1B(O)O. The van der Waals surface area contributed by atoms with Crippen molar-refractivity contribution in [2.75, 3.05) is 13.2 Å². The molecule has 2 aromatic carbocycles. The van der Waals surface area contributed by atoms with Gasteiger partial charge in [-0.05, 0) is 47.4 Å². The zero-order chi connectivity index (χ0) is 23.5. The van der Waals surface area contributed by atoms with Crippen LogP contribution in [0.25, 0.3) is 11.1 Å². The molecular formula is C26H32BNO5. The molecule has 0 unspecified atom stereocenters. The van der Waals surface area contributed by atoms with E-state index >= 15 is 0 Å². The van der Waals surface area contributed by atoms with Gasteiger partial charge in [0.2, 0.25) is 5.91 Å². The minimum absolute atomic E-state index is 0.00221. The van der Waals surface area contributed by atoms with Crippen molar-refractivity contribution in [2.24, 2.45) is 11.8 Å². The number of nitrogens with zero attached hydrogens (tertiary/aromatic N) is 1. The highest BCUT2D eigenvalue weighted by atomic mass is 16.5. The van der Waals surface area contributed by atoms with Crippen LogP contribution in [0.1, 0.15) is 56.6 Å². The lowest BCUT2D eigenvalue weighted by atomic mass is 9.77. The smallest absolute Gasteiger partial charge is 0.465 e. The molecule has 174 valence electrons. The third-order valence-corrected chi connectivity index (χ3v) is 6.82. The van der Waals surface area contributed by atoms with Crippen LogP contribution in [0.4, 0.5) is 0 Å². The van der Waals surface area contributed by atoms with Crippen LogP contribution in [0.5, 0.6) is 0 Å². The molecule has 2 atom stereocenters.